The molecule has 1 amide bonds. The fourth-order valence-corrected chi connectivity index (χ4v) is 3.49. The van der Waals surface area contributed by atoms with Crippen molar-refractivity contribution in [1.82, 2.24) is 10.3 Å². The number of nitrogens with one attached hydrogen (secondary N) is 1. The normalized spacial score (nSPS) is 17.0. The smallest absolute Gasteiger partial charge is 0.253 e. The standard InChI is InChI=1S/C17H19ClN2O/c18-11-17(8-1-2-9-17)12-20-16(21)14-7-3-5-13-6-4-10-19-15(13)14/h3-7,10H,1-2,8-9,11-12H2,(H,20,21). The number of hydrogen-bond donors (Lipinski definition) is 1. The Morgan fingerprint density at radius 1 is 1.24 bits per heavy atom. The van der Waals surface area contributed by atoms with Gasteiger partial charge in [0.15, 0.2) is 0 Å². The molecule has 2 aromatic rings. The molecule has 1 N–H and O–H groups in total. The number of fused-ring (bicyclic) bond motifs is 1. The number of aromatic nitrogens is 1. The number of carbonyl (C=O) groups is 1. The second kappa shape index (κ2) is 6.02. The Balaban J connectivity index is 1.78. The zero-order valence-electron chi connectivity index (χ0n) is 11.9. The maximum absolute atomic E-state index is 12.5. The molecule has 0 bridgehead atoms. The molecule has 0 atom stereocenters. The molecule has 0 radical (unpaired) electrons. The van der Waals surface area contributed by atoms with Crippen molar-refractivity contribution in [2.24, 2.45) is 5.41 Å². The van der Waals surface area contributed by atoms with Gasteiger partial charge in [0.2, 0.25) is 0 Å². The van der Waals surface area contributed by atoms with Gasteiger partial charge in [0.1, 0.15) is 0 Å². The summed E-state index contributed by atoms with van der Waals surface area (Å²) in [7, 11) is 0. The number of halogens is 1. The lowest BCUT2D eigenvalue weighted by Gasteiger charge is -2.26. The van der Waals surface area contributed by atoms with E-state index in [2.05, 4.69) is 10.3 Å². The highest BCUT2D eigenvalue weighted by Crippen LogP contribution is 2.38. The number of alkyl halides is 1. The van der Waals surface area contributed by atoms with Gasteiger partial charge in [-0.2, -0.15) is 0 Å². The van der Waals surface area contributed by atoms with Crippen LogP contribution in [0.15, 0.2) is 36.5 Å². The number of nitrogens with zero attached hydrogens (tertiary/aromatic N) is 1. The van der Waals surface area contributed by atoms with E-state index in [1.165, 1.54) is 12.8 Å². The van der Waals surface area contributed by atoms with E-state index in [0.29, 0.717) is 18.0 Å². The molecular formula is C17H19ClN2O. The van der Waals surface area contributed by atoms with E-state index in [9.17, 15) is 4.79 Å². The molecule has 1 aromatic heterocycles. The second-order valence-corrected chi connectivity index (χ2v) is 6.17. The highest BCUT2D eigenvalue weighted by Gasteiger charge is 2.33. The number of pyridine rings is 1. The topological polar surface area (TPSA) is 42.0 Å². The van der Waals surface area contributed by atoms with Crippen LogP contribution in [-0.4, -0.2) is 23.3 Å². The first-order valence-corrected chi connectivity index (χ1v) is 7.95. The molecule has 1 fully saturated rings. The first kappa shape index (κ1) is 14.3. The molecule has 1 aromatic carbocycles. The van der Waals surface area contributed by atoms with Gasteiger partial charge in [-0.25, -0.2) is 0 Å². The van der Waals surface area contributed by atoms with Gasteiger partial charge in [-0.3, -0.25) is 9.78 Å². The van der Waals surface area contributed by atoms with Gasteiger partial charge in [-0.05, 0) is 25.0 Å². The summed E-state index contributed by atoms with van der Waals surface area (Å²) < 4.78 is 0. The van der Waals surface area contributed by atoms with E-state index in [1.54, 1.807) is 6.20 Å². The van der Waals surface area contributed by atoms with E-state index in [4.69, 9.17) is 11.6 Å². The highest BCUT2D eigenvalue weighted by atomic mass is 35.5. The van der Waals surface area contributed by atoms with E-state index >= 15 is 0 Å². The molecule has 4 heteroatoms. The fraction of sp³-hybridized carbons (Fsp3) is 0.412. The van der Waals surface area contributed by atoms with Gasteiger partial charge in [0.25, 0.3) is 5.91 Å². The van der Waals surface area contributed by atoms with Crippen LogP contribution in [0.25, 0.3) is 10.9 Å². The lowest BCUT2D eigenvalue weighted by atomic mass is 9.88. The molecule has 1 aliphatic rings. The van der Waals surface area contributed by atoms with E-state index < -0.39 is 0 Å². The Hall–Kier alpha value is -1.61. The van der Waals surface area contributed by atoms with Crippen LogP contribution >= 0.6 is 11.6 Å². The van der Waals surface area contributed by atoms with Gasteiger partial charge in [0, 0.05) is 29.4 Å². The van der Waals surface area contributed by atoms with E-state index in [0.717, 1.165) is 23.7 Å². The number of carbonyl (C=O) groups excluding carboxylic acids is 1. The van der Waals surface area contributed by atoms with Crippen molar-refractivity contribution < 1.29 is 4.79 Å². The number of amides is 1. The monoisotopic (exact) mass is 302 g/mol. The molecule has 1 saturated carbocycles. The summed E-state index contributed by atoms with van der Waals surface area (Å²) >= 11 is 6.13. The Kier molecular flexibility index (Phi) is 4.11. The van der Waals surface area contributed by atoms with Crippen molar-refractivity contribution in [2.45, 2.75) is 25.7 Å². The molecule has 1 heterocycles. The number of hydrogen-bond acceptors (Lipinski definition) is 2. The molecule has 0 saturated heterocycles. The Bertz CT molecular complexity index is 645. The molecule has 0 spiro atoms. The van der Waals surface area contributed by atoms with Crippen molar-refractivity contribution in [3.05, 3.63) is 42.1 Å². The van der Waals surface area contributed by atoms with E-state index in [-0.39, 0.29) is 11.3 Å². The van der Waals surface area contributed by atoms with Crippen LogP contribution in [0.1, 0.15) is 36.0 Å². The predicted octanol–water partition coefficient (Wildman–Crippen LogP) is 3.76. The molecule has 3 rings (SSSR count). The lowest BCUT2D eigenvalue weighted by Crippen LogP contribution is -2.37. The zero-order valence-corrected chi connectivity index (χ0v) is 12.7. The minimum absolute atomic E-state index is 0.0595. The van der Waals surface area contributed by atoms with Crippen LogP contribution in [0.4, 0.5) is 0 Å². The average molecular weight is 303 g/mol. The zero-order chi connectivity index (χ0) is 14.7. The van der Waals surface area contributed by atoms with Crippen molar-refractivity contribution >= 4 is 28.4 Å². The second-order valence-electron chi connectivity index (χ2n) is 5.90. The molecule has 0 aliphatic heterocycles. The van der Waals surface area contributed by atoms with Crippen LogP contribution in [0.5, 0.6) is 0 Å². The lowest BCUT2D eigenvalue weighted by molar-refractivity contribution is 0.0936. The maximum Gasteiger partial charge on any atom is 0.253 e. The largest absolute Gasteiger partial charge is 0.351 e. The molecule has 110 valence electrons. The molecule has 1 aliphatic carbocycles. The number of benzene rings is 1. The van der Waals surface area contributed by atoms with E-state index in [1.807, 2.05) is 30.3 Å². The maximum atomic E-state index is 12.5. The summed E-state index contributed by atoms with van der Waals surface area (Å²) in [6, 6.07) is 9.54. The summed E-state index contributed by atoms with van der Waals surface area (Å²) in [6.45, 7) is 0.651. The number of para-hydroxylation sites is 1. The Morgan fingerprint density at radius 2 is 2.00 bits per heavy atom. The quantitative estimate of drug-likeness (QED) is 0.874. The summed E-state index contributed by atoms with van der Waals surface area (Å²) in [5, 5.41) is 4.05. The highest BCUT2D eigenvalue weighted by molar-refractivity contribution is 6.18. The summed E-state index contributed by atoms with van der Waals surface area (Å²) in [5.74, 6) is 0.553. The summed E-state index contributed by atoms with van der Waals surface area (Å²) in [5.41, 5.74) is 1.47. The van der Waals surface area contributed by atoms with Gasteiger partial charge in [-0.15, -0.1) is 11.6 Å². The van der Waals surface area contributed by atoms with Crippen molar-refractivity contribution in [1.29, 1.82) is 0 Å². The Labute approximate surface area is 129 Å². The Morgan fingerprint density at radius 3 is 2.76 bits per heavy atom. The minimum Gasteiger partial charge on any atom is -0.351 e. The minimum atomic E-state index is -0.0595. The van der Waals surface area contributed by atoms with Crippen molar-refractivity contribution in [3.8, 4) is 0 Å². The van der Waals surface area contributed by atoms with Crippen LogP contribution in [0.3, 0.4) is 0 Å². The number of rotatable bonds is 4. The third kappa shape index (κ3) is 2.88. The molecule has 0 unspecified atom stereocenters. The molecule has 3 nitrogen and oxygen atoms in total. The summed E-state index contributed by atoms with van der Waals surface area (Å²) in [4.78, 5) is 16.8. The van der Waals surface area contributed by atoms with Crippen molar-refractivity contribution in [3.63, 3.8) is 0 Å². The fourth-order valence-electron chi connectivity index (χ4n) is 3.13. The van der Waals surface area contributed by atoms with Gasteiger partial charge in [0.05, 0.1) is 11.1 Å². The predicted molar refractivity (Wildman–Crippen MR) is 85.7 cm³/mol. The van der Waals surface area contributed by atoms with Crippen molar-refractivity contribution in [2.75, 3.05) is 12.4 Å². The third-order valence-corrected chi connectivity index (χ3v) is 5.02. The first-order valence-electron chi connectivity index (χ1n) is 7.42. The first-order chi connectivity index (χ1) is 10.2. The molecule has 21 heavy (non-hydrogen) atoms. The third-order valence-electron chi connectivity index (χ3n) is 4.45. The summed E-state index contributed by atoms with van der Waals surface area (Å²) in [6.07, 6.45) is 6.34. The van der Waals surface area contributed by atoms with Crippen LogP contribution < -0.4 is 5.32 Å². The molecular weight excluding hydrogens is 284 g/mol. The van der Waals surface area contributed by atoms with Crippen LogP contribution in [0.2, 0.25) is 0 Å². The SMILES string of the molecule is O=C(NCC1(CCl)CCCC1)c1cccc2cccnc12. The van der Waals surface area contributed by atoms with Crippen LogP contribution in [-0.2, 0) is 0 Å². The van der Waals surface area contributed by atoms with Gasteiger partial charge < -0.3 is 5.32 Å². The van der Waals surface area contributed by atoms with Gasteiger partial charge in [-0.1, -0.05) is 31.0 Å². The van der Waals surface area contributed by atoms with Gasteiger partial charge >= 0.3 is 0 Å². The average Bonchev–Trinajstić information content (AvgIpc) is 3.01. The van der Waals surface area contributed by atoms with Crippen LogP contribution in [0, 0.1) is 5.41 Å².